The zero-order valence-corrected chi connectivity index (χ0v) is 19.3. The zero-order chi connectivity index (χ0) is 23.9. The molecule has 0 amide bonds. The number of aliphatic hydroxyl groups excluding tert-OH is 1. The number of fused-ring (bicyclic) bond motifs is 1. The highest BCUT2D eigenvalue weighted by Crippen LogP contribution is 2.44. The Bertz CT molecular complexity index is 1040. The Hall–Kier alpha value is -2.58. The van der Waals surface area contributed by atoms with E-state index in [0.29, 0.717) is 11.5 Å². The van der Waals surface area contributed by atoms with Gasteiger partial charge in [0.25, 0.3) is 0 Å². The minimum absolute atomic E-state index is 0.139. The van der Waals surface area contributed by atoms with Crippen LogP contribution in [0.3, 0.4) is 0 Å². The summed E-state index contributed by atoms with van der Waals surface area (Å²) in [7, 11) is 0. The Morgan fingerprint density at radius 2 is 1.65 bits per heavy atom. The van der Waals surface area contributed by atoms with E-state index in [0.717, 1.165) is 43.8 Å². The summed E-state index contributed by atoms with van der Waals surface area (Å²) >= 11 is 0. The van der Waals surface area contributed by atoms with Gasteiger partial charge in [0.2, 0.25) is 0 Å². The maximum atomic E-state index is 13.6. The SMILES string of the molecule is CC1=Nc2cccc(C(F)(F)F)c2C(O)N1c1ccc(OC2CCN(C3CCCC3)CC2)cc1. The summed E-state index contributed by atoms with van der Waals surface area (Å²) < 4.78 is 46.9. The largest absolute Gasteiger partial charge is 0.490 e. The quantitative estimate of drug-likeness (QED) is 0.587. The highest BCUT2D eigenvalue weighted by molar-refractivity contribution is 6.00. The van der Waals surface area contributed by atoms with Gasteiger partial charge in [0.1, 0.15) is 17.7 Å². The number of rotatable bonds is 4. The highest BCUT2D eigenvalue weighted by Gasteiger charge is 2.40. The van der Waals surface area contributed by atoms with Crippen LogP contribution in [0.1, 0.15) is 62.8 Å². The molecule has 0 bridgehead atoms. The van der Waals surface area contributed by atoms with Gasteiger partial charge >= 0.3 is 6.18 Å². The minimum Gasteiger partial charge on any atom is -0.490 e. The first-order chi connectivity index (χ1) is 16.3. The third kappa shape index (κ3) is 4.53. The van der Waals surface area contributed by atoms with Crippen LogP contribution in [-0.2, 0) is 6.18 Å². The van der Waals surface area contributed by atoms with Crippen LogP contribution in [0.4, 0.5) is 24.5 Å². The van der Waals surface area contributed by atoms with Gasteiger partial charge in [-0.2, -0.15) is 13.2 Å². The van der Waals surface area contributed by atoms with Gasteiger partial charge in [-0.15, -0.1) is 0 Å². The van der Waals surface area contributed by atoms with E-state index in [-0.39, 0.29) is 17.4 Å². The van der Waals surface area contributed by atoms with Crippen molar-refractivity contribution in [2.24, 2.45) is 4.99 Å². The molecule has 5 rings (SSSR count). The lowest BCUT2D eigenvalue weighted by atomic mass is 10.0. The second-order valence-corrected chi connectivity index (χ2v) is 9.42. The van der Waals surface area contributed by atoms with Crippen molar-refractivity contribution in [3.8, 4) is 5.75 Å². The topological polar surface area (TPSA) is 48.3 Å². The van der Waals surface area contributed by atoms with Gasteiger partial charge < -0.3 is 14.7 Å². The summed E-state index contributed by atoms with van der Waals surface area (Å²) in [5.41, 5.74) is -0.405. The van der Waals surface area contributed by atoms with E-state index in [2.05, 4.69) is 9.89 Å². The van der Waals surface area contributed by atoms with E-state index >= 15 is 0 Å². The molecule has 1 aliphatic carbocycles. The van der Waals surface area contributed by atoms with Crippen molar-refractivity contribution < 1.29 is 23.0 Å². The molecule has 2 heterocycles. The summed E-state index contributed by atoms with van der Waals surface area (Å²) in [6.45, 7) is 3.79. The Morgan fingerprint density at radius 1 is 0.971 bits per heavy atom. The van der Waals surface area contributed by atoms with Crippen molar-refractivity contribution >= 4 is 17.2 Å². The van der Waals surface area contributed by atoms with Crippen molar-refractivity contribution in [2.75, 3.05) is 18.0 Å². The molecule has 1 unspecified atom stereocenters. The molecular weight excluding hydrogens is 443 g/mol. The lowest BCUT2D eigenvalue weighted by Crippen LogP contribution is -2.43. The molecule has 5 nitrogen and oxygen atoms in total. The molecular formula is C26H30F3N3O2. The molecule has 1 N–H and O–H groups in total. The van der Waals surface area contributed by atoms with Crippen LogP contribution in [0.25, 0.3) is 0 Å². The number of hydrogen-bond donors (Lipinski definition) is 1. The lowest BCUT2D eigenvalue weighted by molar-refractivity contribution is -0.139. The van der Waals surface area contributed by atoms with Gasteiger partial charge in [-0.05, 0) is 69.0 Å². The average molecular weight is 474 g/mol. The lowest BCUT2D eigenvalue weighted by Gasteiger charge is -2.36. The van der Waals surface area contributed by atoms with E-state index in [1.54, 1.807) is 19.1 Å². The number of alkyl halides is 3. The summed E-state index contributed by atoms with van der Waals surface area (Å²) in [5, 5.41) is 10.9. The maximum Gasteiger partial charge on any atom is 0.416 e. The average Bonchev–Trinajstić information content (AvgIpc) is 3.35. The second kappa shape index (κ2) is 9.23. The van der Waals surface area contributed by atoms with Crippen LogP contribution in [-0.4, -0.2) is 41.1 Å². The molecule has 2 aromatic rings. The summed E-state index contributed by atoms with van der Waals surface area (Å²) in [6, 6.07) is 11.6. The standard InChI is InChI=1S/C26H30F3N3O2/c1-17-30-23-8-4-7-22(26(27,28)29)24(23)25(33)32(17)19-9-11-20(12-10-19)34-21-13-15-31(16-14-21)18-5-2-3-6-18/h4,7-12,18,21,25,33H,2-3,5-6,13-16H2,1H3. The summed E-state index contributed by atoms with van der Waals surface area (Å²) in [4.78, 5) is 8.35. The molecule has 0 aromatic heterocycles. The van der Waals surface area contributed by atoms with Gasteiger partial charge in [0, 0.05) is 30.4 Å². The number of ether oxygens (including phenoxy) is 1. The predicted molar refractivity (Wildman–Crippen MR) is 126 cm³/mol. The van der Waals surface area contributed by atoms with Crippen molar-refractivity contribution in [1.82, 2.24) is 4.90 Å². The maximum absolute atomic E-state index is 13.6. The molecule has 3 aliphatic rings. The number of likely N-dealkylation sites (tertiary alicyclic amines) is 1. The fourth-order valence-corrected chi connectivity index (χ4v) is 5.54. The molecule has 2 fully saturated rings. The first-order valence-corrected chi connectivity index (χ1v) is 12.0. The van der Waals surface area contributed by atoms with Crippen LogP contribution in [0, 0.1) is 0 Å². The molecule has 8 heteroatoms. The van der Waals surface area contributed by atoms with E-state index in [4.69, 9.17) is 4.74 Å². The molecule has 1 saturated carbocycles. The number of aliphatic imine (C=N–C) groups is 1. The Morgan fingerprint density at radius 3 is 2.29 bits per heavy atom. The number of piperidine rings is 1. The first kappa shape index (κ1) is 23.2. The van der Waals surface area contributed by atoms with Gasteiger partial charge in [0.05, 0.1) is 11.3 Å². The monoisotopic (exact) mass is 473 g/mol. The van der Waals surface area contributed by atoms with Crippen LogP contribution in [0.5, 0.6) is 5.75 Å². The van der Waals surface area contributed by atoms with E-state index in [9.17, 15) is 18.3 Å². The van der Waals surface area contributed by atoms with Crippen molar-refractivity contribution in [2.45, 2.75) is 70.0 Å². The smallest absolute Gasteiger partial charge is 0.416 e. The number of amidine groups is 1. The van der Waals surface area contributed by atoms with E-state index in [1.165, 1.54) is 42.7 Å². The summed E-state index contributed by atoms with van der Waals surface area (Å²) in [5.74, 6) is 1.15. The van der Waals surface area contributed by atoms with Gasteiger partial charge in [-0.1, -0.05) is 18.9 Å². The molecule has 0 radical (unpaired) electrons. The number of halogens is 3. The zero-order valence-electron chi connectivity index (χ0n) is 19.3. The Balaban J connectivity index is 1.28. The molecule has 1 saturated heterocycles. The molecule has 2 aliphatic heterocycles. The van der Waals surface area contributed by atoms with Crippen LogP contribution < -0.4 is 9.64 Å². The Kier molecular flexibility index (Phi) is 6.29. The molecule has 0 spiro atoms. The van der Waals surface area contributed by atoms with Crippen molar-refractivity contribution in [3.05, 3.63) is 53.6 Å². The highest BCUT2D eigenvalue weighted by atomic mass is 19.4. The van der Waals surface area contributed by atoms with Crippen LogP contribution in [0.15, 0.2) is 47.5 Å². The first-order valence-electron chi connectivity index (χ1n) is 12.0. The number of aliphatic hydroxyl groups is 1. The number of hydrogen-bond acceptors (Lipinski definition) is 5. The fraction of sp³-hybridized carbons (Fsp3) is 0.500. The number of nitrogens with zero attached hydrogens (tertiary/aromatic N) is 3. The second-order valence-electron chi connectivity index (χ2n) is 9.42. The fourth-order valence-electron chi connectivity index (χ4n) is 5.54. The third-order valence-electron chi connectivity index (χ3n) is 7.26. The van der Waals surface area contributed by atoms with Gasteiger partial charge in [-0.3, -0.25) is 4.90 Å². The molecule has 1 atom stereocenters. The third-order valence-corrected chi connectivity index (χ3v) is 7.26. The molecule has 34 heavy (non-hydrogen) atoms. The number of benzene rings is 2. The number of anilines is 1. The van der Waals surface area contributed by atoms with Crippen LogP contribution in [0.2, 0.25) is 0 Å². The summed E-state index contributed by atoms with van der Waals surface area (Å²) in [6.07, 6.45) is 1.38. The normalized spacial score (nSPS) is 22.6. The van der Waals surface area contributed by atoms with Crippen molar-refractivity contribution in [1.29, 1.82) is 0 Å². The Labute approximate surface area is 197 Å². The molecule has 182 valence electrons. The van der Waals surface area contributed by atoms with Gasteiger partial charge in [-0.25, -0.2) is 4.99 Å². The predicted octanol–water partition coefficient (Wildman–Crippen LogP) is 6.05. The van der Waals surface area contributed by atoms with E-state index in [1.807, 2.05) is 12.1 Å². The van der Waals surface area contributed by atoms with E-state index < -0.39 is 18.0 Å². The molecule has 2 aromatic carbocycles. The van der Waals surface area contributed by atoms with Crippen LogP contribution >= 0.6 is 0 Å². The van der Waals surface area contributed by atoms with Crippen molar-refractivity contribution in [3.63, 3.8) is 0 Å². The van der Waals surface area contributed by atoms with Gasteiger partial charge in [0.15, 0.2) is 6.23 Å². The minimum atomic E-state index is -4.58.